The van der Waals surface area contributed by atoms with Crippen LogP contribution < -0.4 is 14.5 Å². The Hall–Kier alpha value is -2.16. The summed E-state index contributed by atoms with van der Waals surface area (Å²) in [4.78, 5) is 14.5. The normalized spacial score (nSPS) is 16.1. The Labute approximate surface area is 181 Å². The van der Waals surface area contributed by atoms with Crippen molar-refractivity contribution in [3.8, 4) is 0 Å². The summed E-state index contributed by atoms with van der Waals surface area (Å²) >= 11 is 1.07. The fourth-order valence-corrected chi connectivity index (χ4v) is 6.33. The number of fused-ring (bicyclic) bond motifs is 1. The van der Waals surface area contributed by atoms with Crippen LogP contribution in [0.2, 0.25) is 0 Å². The zero-order valence-corrected chi connectivity index (χ0v) is 18.9. The van der Waals surface area contributed by atoms with Crippen LogP contribution in [0.4, 0.5) is 5.69 Å². The molecule has 2 heterocycles. The largest absolute Gasteiger partial charge is 0.372 e. The highest BCUT2D eigenvalue weighted by molar-refractivity contribution is 7.89. The number of nitrogens with one attached hydrogen (secondary N) is 1. The lowest BCUT2D eigenvalue weighted by molar-refractivity contribution is 0.566. The van der Waals surface area contributed by atoms with Crippen molar-refractivity contribution in [2.75, 3.05) is 18.0 Å². The van der Waals surface area contributed by atoms with E-state index in [1.165, 1.54) is 24.9 Å². The van der Waals surface area contributed by atoms with Crippen LogP contribution in [0.1, 0.15) is 44.7 Å². The smallest absolute Gasteiger partial charge is 0.308 e. The zero-order valence-electron chi connectivity index (χ0n) is 17.3. The number of aryl methyl sites for hydroxylation is 1. The molecule has 0 aliphatic carbocycles. The lowest BCUT2D eigenvalue weighted by Crippen LogP contribution is -2.29. The molecule has 8 heteroatoms. The molecular weight excluding hydrogens is 418 g/mol. The van der Waals surface area contributed by atoms with E-state index in [1.807, 2.05) is 26.0 Å². The van der Waals surface area contributed by atoms with Crippen molar-refractivity contribution in [2.24, 2.45) is 0 Å². The third kappa shape index (κ3) is 4.17. The van der Waals surface area contributed by atoms with E-state index in [0.29, 0.717) is 11.2 Å². The van der Waals surface area contributed by atoms with Gasteiger partial charge in [0.1, 0.15) is 0 Å². The molecule has 1 N–H and O–H groups in total. The van der Waals surface area contributed by atoms with Crippen molar-refractivity contribution in [1.82, 2.24) is 9.29 Å². The molecular formula is C22H27N3O3S2. The lowest BCUT2D eigenvalue weighted by Gasteiger charge is -2.29. The highest BCUT2D eigenvalue weighted by Crippen LogP contribution is 2.25. The molecule has 2 aromatic carbocycles. The summed E-state index contributed by atoms with van der Waals surface area (Å²) in [6.45, 7) is 6.47. The summed E-state index contributed by atoms with van der Waals surface area (Å²) in [6, 6.07) is 12.6. The van der Waals surface area contributed by atoms with Crippen molar-refractivity contribution in [3.63, 3.8) is 0 Å². The molecule has 0 bridgehead atoms. The van der Waals surface area contributed by atoms with Crippen LogP contribution in [0.5, 0.6) is 0 Å². The molecule has 0 spiro atoms. The Morgan fingerprint density at radius 1 is 1.07 bits per heavy atom. The molecule has 1 saturated heterocycles. The van der Waals surface area contributed by atoms with Gasteiger partial charge in [0.15, 0.2) is 0 Å². The number of piperidine rings is 1. The molecule has 30 heavy (non-hydrogen) atoms. The van der Waals surface area contributed by atoms with Crippen LogP contribution in [0, 0.1) is 0 Å². The first kappa shape index (κ1) is 21.1. The van der Waals surface area contributed by atoms with Crippen LogP contribution in [0.3, 0.4) is 0 Å². The Kier molecular flexibility index (Phi) is 5.99. The topological polar surface area (TPSA) is 71.4 Å². The summed E-state index contributed by atoms with van der Waals surface area (Å²) in [5.74, 6) is 0. The Morgan fingerprint density at radius 3 is 2.43 bits per heavy atom. The van der Waals surface area contributed by atoms with Crippen LogP contribution in [0.25, 0.3) is 10.2 Å². The summed E-state index contributed by atoms with van der Waals surface area (Å²) in [6.07, 6.45) is 3.73. The number of nitrogens with zero attached hydrogens (tertiary/aromatic N) is 2. The van der Waals surface area contributed by atoms with Crippen LogP contribution in [-0.4, -0.2) is 26.1 Å². The second-order valence-corrected chi connectivity index (χ2v) is 10.4. The van der Waals surface area contributed by atoms with Gasteiger partial charge in [-0.15, -0.1) is 0 Å². The van der Waals surface area contributed by atoms with Gasteiger partial charge >= 0.3 is 4.87 Å². The third-order valence-electron chi connectivity index (χ3n) is 5.71. The standard InChI is InChI=1S/C22H27N3O3S2/c1-3-25-20-12-11-19(15-21(20)29-22(25)26)30(27,28)23-16(2)17-7-9-18(10-8-17)24-13-5-4-6-14-24/h7-12,15-16,23H,3-6,13-14H2,1-2H3. The minimum Gasteiger partial charge on any atom is -0.372 e. The maximum atomic E-state index is 12.9. The third-order valence-corrected chi connectivity index (χ3v) is 8.19. The van der Waals surface area contributed by atoms with Gasteiger partial charge in [-0.25, -0.2) is 13.1 Å². The zero-order chi connectivity index (χ0) is 21.3. The van der Waals surface area contributed by atoms with E-state index < -0.39 is 10.0 Å². The molecule has 1 atom stereocenters. The maximum Gasteiger partial charge on any atom is 0.308 e. The molecule has 1 aliphatic heterocycles. The first-order valence-corrected chi connectivity index (χ1v) is 12.7. The Bertz CT molecular complexity index is 1190. The molecule has 6 nitrogen and oxygen atoms in total. The molecule has 1 unspecified atom stereocenters. The van der Waals surface area contributed by atoms with Crippen LogP contribution in [0.15, 0.2) is 52.2 Å². The van der Waals surface area contributed by atoms with Gasteiger partial charge in [-0.05, 0) is 69.0 Å². The van der Waals surface area contributed by atoms with E-state index in [2.05, 4.69) is 21.8 Å². The van der Waals surface area contributed by atoms with Crippen molar-refractivity contribution in [3.05, 3.63) is 57.7 Å². The van der Waals surface area contributed by atoms with Gasteiger partial charge in [0.2, 0.25) is 10.0 Å². The van der Waals surface area contributed by atoms with Crippen molar-refractivity contribution in [1.29, 1.82) is 0 Å². The van der Waals surface area contributed by atoms with E-state index in [-0.39, 0.29) is 15.8 Å². The van der Waals surface area contributed by atoms with Crippen molar-refractivity contribution >= 4 is 37.3 Å². The number of rotatable bonds is 6. The highest BCUT2D eigenvalue weighted by Gasteiger charge is 2.20. The van der Waals surface area contributed by atoms with Gasteiger partial charge in [0.05, 0.1) is 15.1 Å². The van der Waals surface area contributed by atoms with Crippen LogP contribution >= 0.6 is 11.3 Å². The number of sulfonamides is 1. The number of aromatic nitrogens is 1. The van der Waals surface area contributed by atoms with E-state index in [9.17, 15) is 13.2 Å². The average molecular weight is 446 g/mol. The van der Waals surface area contributed by atoms with Gasteiger partial charge in [-0.1, -0.05) is 23.5 Å². The molecule has 1 aliphatic rings. The van der Waals surface area contributed by atoms with E-state index in [4.69, 9.17) is 0 Å². The van der Waals surface area contributed by atoms with E-state index in [1.54, 1.807) is 22.8 Å². The predicted molar refractivity (Wildman–Crippen MR) is 123 cm³/mol. The summed E-state index contributed by atoms with van der Waals surface area (Å²) in [7, 11) is -3.71. The fraction of sp³-hybridized carbons (Fsp3) is 0.409. The minimum atomic E-state index is -3.71. The molecule has 1 aromatic heterocycles. The highest BCUT2D eigenvalue weighted by atomic mass is 32.2. The molecule has 4 rings (SSSR count). The Morgan fingerprint density at radius 2 is 1.77 bits per heavy atom. The first-order chi connectivity index (χ1) is 14.4. The van der Waals surface area contributed by atoms with Gasteiger partial charge in [-0.2, -0.15) is 0 Å². The molecule has 0 amide bonds. The van der Waals surface area contributed by atoms with Gasteiger partial charge in [0.25, 0.3) is 0 Å². The Balaban J connectivity index is 1.52. The van der Waals surface area contributed by atoms with Gasteiger partial charge in [0, 0.05) is 31.4 Å². The van der Waals surface area contributed by atoms with E-state index >= 15 is 0 Å². The van der Waals surface area contributed by atoms with Crippen molar-refractivity contribution < 1.29 is 8.42 Å². The molecule has 0 radical (unpaired) electrons. The number of benzene rings is 2. The molecule has 160 valence electrons. The number of anilines is 1. The number of hydrogen-bond donors (Lipinski definition) is 1. The molecule has 3 aromatic rings. The van der Waals surface area contributed by atoms with Crippen LogP contribution in [-0.2, 0) is 16.6 Å². The van der Waals surface area contributed by atoms with Gasteiger partial charge in [-0.3, -0.25) is 9.36 Å². The number of hydrogen-bond acceptors (Lipinski definition) is 5. The second-order valence-electron chi connectivity index (χ2n) is 7.72. The predicted octanol–water partition coefficient (Wildman–Crippen LogP) is 4.11. The first-order valence-electron chi connectivity index (χ1n) is 10.4. The van der Waals surface area contributed by atoms with E-state index in [0.717, 1.165) is 35.5 Å². The lowest BCUT2D eigenvalue weighted by atomic mass is 10.1. The average Bonchev–Trinajstić information content (AvgIpc) is 3.08. The second kappa shape index (κ2) is 8.53. The number of thiazole rings is 1. The maximum absolute atomic E-state index is 12.9. The minimum absolute atomic E-state index is 0.0721. The SMILES string of the molecule is CCn1c(=O)sc2cc(S(=O)(=O)NC(C)c3ccc(N4CCCCC4)cc3)ccc21. The van der Waals surface area contributed by atoms with Crippen molar-refractivity contribution in [2.45, 2.75) is 50.6 Å². The van der Waals surface area contributed by atoms with Gasteiger partial charge < -0.3 is 4.90 Å². The summed E-state index contributed by atoms with van der Waals surface area (Å²) < 4.78 is 31.0. The summed E-state index contributed by atoms with van der Waals surface area (Å²) in [5, 5.41) is 0. The molecule has 0 saturated carbocycles. The monoisotopic (exact) mass is 445 g/mol. The fourth-order valence-electron chi connectivity index (χ4n) is 4.01. The summed E-state index contributed by atoms with van der Waals surface area (Å²) in [5.41, 5.74) is 2.88. The quantitative estimate of drug-likeness (QED) is 0.620. The molecule has 1 fully saturated rings.